The van der Waals surface area contributed by atoms with Gasteiger partial charge in [0, 0.05) is 25.1 Å². The topological polar surface area (TPSA) is 79.2 Å². The predicted molar refractivity (Wildman–Crippen MR) is 98.7 cm³/mol. The average Bonchev–Trinajstić information content (AvgIpc) is 3.22. The maximum Gasteiger partial charge on any atom is 0.473 e. The van der Waals surface area contributed by atoms with Gasteiger partial charge in [0.25, 0.3) is 0 Å². The van der Waals surface area contributed by atoms with Crippen LogP contribution in [0.15, 0.2) is 42.5 Å². The number of phosphoric ester groups is 1. The molecule has 2 aromatic rings. The number of rotatable bonds is 8. The van der Waals surface area contributed by atoms with Gasteiger partial charge < -0.3 is 10.00 Å². The van der Waals surface area contributed by atoms with Gasteiger partial charge in [-0.05, 0) is 35.1 Å². The van der Waals surface area contributed by atoms with Gasteiger partial charge in [-0.25, -0.2) is 4.57 Å². The maximum atomic E-state index is 11.8. The van der Waals surface area contributed by atoms with E-state index in [9.17, 15) is 9.46 Å². The molecule has 2 fully saturated rings. The zero-order valence-corrected chi connectivity index (χ0v) is 15.5. The highest BCUT2D eigenvalue weighted by Crippen LogP contribution is 2.59. The van der Waals surface area contributed by atoms with Crippen molar-refractivity contribution in [1.29, 1.82) is 0 Å². The van der Waals surface area contributed by atoms with Gasteiger partial charge in [0.15, 0.2) is 0 Å². The lowest BCUT2D eigenvalue weighted by Crippen LogP contribution is -2.28. The van der Waals surface area contributed by atoms with Crippen molar-refractivity contribution in [2.45, 2.75) is 18.3 Å². The summed E-state index contributed by atoms with van der Waals surface area (Å²) >= 11 is 0. The van der Waals surface area contributed by atoms with E-state index in [-0.39, 0.29) is 25.4 Å². The van der Waals surface area contributed by atoms with Gasteiger partial charge in [-0.2, -0.15) is 0 Å². The molecule has 1 heterocycles. The summed E-state index contributed by atoms with van der Waals surface area (Å²) in [6.45, 7) is 1.70. The Hall–Kier alpha value is -1.27. The molecule has 6 nitrogen and oxygen atoms in total. The molecule has 140 valence electrons. The largest absolute Gasteiger partial charge is 0.473 e. The molecule has 2 aliphatic rings. The number of likely N-dealkylation sites (tertiary alicyclic amines) is 1. The molecule has 1 unspecified atom stereocenters. The zero-order valence-electron chi connectivity index (χ0n) is 14.6. The third-order valence-electron chi connectivity index (χ3n) is 5.50. The molecule has 1 aliphatic carbocycles. The summed E-state index contributed by atoms with van der Waals surface area (Å²) in [5, 5.41) is 11.2. The first kappa shape index (κ1) is 18.1. The van der Waals surface area contributed by atoms with Crippen molar-refractivity contribution in [3.8, 4) is 0 Å². The van der Waals surface area contributed by atoms with Crippen LogP contribution in [-0.4, -0.2) is 47.9 Å². The fraction of sp³-hybridized carbons (Fsp3) is 0.474. The number of benzene rings is 2. The van der Waals surface area contributed by atoms with E-state index in [0.29, 0.717) is 12.3 Å². The fourth-order valence-electron chi connectivity index (χ4n) is 4.07. The third kappa shape index (κ3) is 3.58. The second-order valence-electron chi connectivity index (χ2n) is 7.27. The number of hydrogen-bond acceptors (Lipinski definition) is 5. The van der Waals surface area contributed by atoms with E-state index in [1.165, 1.54) is 16.3 Å². The highest BCUT2D eigenvalue weighted by Gasteiger charge is 2.60. The minimum Gasteiger partial charge on any atom is -0.396 e. The van der Waals surface area contributed by atoms with Gasteiger partial charge in [-0.3, -0.25) is 13.9 Å². The second kappa shape index (κ2) is 7.04. The molecule has 1 saturated heterocycles. The summed E-state index contributed by atoms with van der Waals surface area (Å²) < 4.78 is 21.8. The van der Waals surface area contributed by atoms with Gasteiger partial charge >= 0.3 is 7.82 Å². The summed E-state index contributed by atoms with van der Waals surface area (Å²) in [4.78, 5) is 11.8. The van der Waals surface area contributed by atoms with Gasteiger partial charge in [0.1, 0.15) is 6.73 Å². The van der Waals surface area contributed by atoms with Gasteiger partial charge in [-0.1, -0.05) is 42.5 Å². The number of fused-ring (bicyclic) bond motifs is 2. The summed E-state index contributed by atoms with van der Waals surface area (Å²) in [7, 11) is -4.06. The second-order valence-corrected chi connectivity index (χ2v) is 8.72. The smallest absolute Gasteiger partial charge is 0.396 e. The number of phosphoric acid groups is 1. The van der Waals surface area contributed by atoms with E-state index in [2.05, 4.69) is 41.3 Å². The predicted octanol–water partition coefficient (Wildman–Crippen LogP) is 2.89. The standard InChI is InChI=1S/C19H24NO5P/c21-8-3-9-24-26(22,23)25-14-20-12-18-11-19(18,13-20)17-7-6-15-4-1-2-5-16(15)10-17/h1-2,4-7,10,18,21H,3,8-9,11-14H2,(H,22,23)/t18-,19+/m1/s1. The molecular weight excluding hydrogens is 353 g/mol. The lowest BCUT2D eigenvalue weighted by molar-refractivity contribution is 0.0783. The number of aliphatic hydroxyl groups excluding tert-OH is 1. The molecule has 2 N–H and O–H groups in total. The molecule has 1 aliphatic heterocycles. The van der Waals surface area contributed by atoms with Crippen LogP contribution in [0.1, 0.15) is 18.4 Å². The summed E-state index contributed by atoms with van der Waals surface area (Å²) in [6, 6.07) is 15.0. The average molecular weight is 377 g/mol. The van der Waals surface area contributed by atoms with E-state index in [4.69, 9.17) is 14.2 Å². The van der Waals surface area contributed by atoms with Crippen LogP contribution in [0.3, 0.4) is 0 Å². The van der Waals surface area contributed by atoms with Crippen molar-refractivity contribution in [2.24, 2.45) is 5.92 Å². The quantitative estimate of drug-likeness (QED) is 0.544. The highest BCUT2D eigenvalue weighted by atomic mass is 31.2. The van der Waals surface area contributed by atoms with Crippen LogP contribution in [0.5, 0.6) is 0 Å². The summed E-state index contributed by atoms with van der Waals surface area (Å²) in [5.41, 5.74) is 1.49. The highest BCUT2D eigenvalue weighted by molar-refractivity contribution is 7.47. The van der Waals surface area contributed by atoms with Crippen molar-refractivity contribution in [3.05, 3.63) is 48.0 Å². The summed E-state index contributed by atoms with van der Waals surface area (Å²) in [5.74, 6) is 0.570. The first-order chi connectivity index (χ1) is 12.5. The molecule has 1 saturated carbocycles. The van der Waals surface area contributed by atoms with Crippen molar-refractivity contribution < 1.29 is 23.6 Å². The van der Waals surface area contributed by atoms with Crippen molar-refractivity contribution in [3.63, 3.8) is 0 Å². The van der Waals surface area contributed by atoms with E-state index >= 15 is 0 Å². The molecule has 26 heavy (non-hydrogen) atoms. The Morgan fingerprint density at radius 1 is 1.19 bits per heavy atom. The lowest BCUT2D eigenvalue weighted by Gasteiger charge is -2.22. The molecule has 7 heteroatoms. The number of aliphatic hydroxyl groups is 1. The first-order valence-corrected chi connectivity index (χ1v) is 10.5. The Morgan fingerprint density at radius 2 is 2.00 bits per heavy atom. The SMILES string of the molecule is O=P(O)(OCCCO)OCN1C[C@H]2C[C@@]2(c2ccc3ccccc3c2)C1. The Bertz CT molecular complexity index is 844. The maximum absolute atomic E-state index is 11.8. The summed E-state index contributed by atoms with van der Waals surface area (Å²) in [6.07, 6.45) is 1.47. The number of nitrogens with zero attached hydrogens (tertiary/aromatic N) is 1. The zero-order chi connectivity index (χ0) is 18.2. The van der Waals surface area contributed by atoms with Crippen molar-refractivity contribution in [1.82, 2.24) is 4.90 Å². The minimum absolute atomic E-state index is 0.00787. The molecule has 0 aromatic heterocycles. The minimum atomic E-state index is -4.06. The van der Waals surface area contributed by atoms with Crippen molar-refractivity contribution >= 4 is 18.6 Å². The lowest BCUT2D eigenvalue weighted by atomic mass is 9.93. The van der Waals surface area contributed by atoms with E-state index in [1.807, 2.05) is 6.07 Å². The van der Waals surface area contributed by atoms with E-state index in [1.54, 1.807) is 0 Å². The molecule has 2 aromatic carbocycles. The normalized spacial score (nSPS) is 27.4. The molecule has 3 atom stereocenters. The molecule has 0 amide bonds. The monoisotopic (exact) mass is 377 g/mol. The first-order valence-electron chi connectivity index (χ1n) is 8.97. The molecule has 0 spiro atoms. The van der Waals surface area contributed by atoms with Gasteiger partial charge in [-0.15, -0.1) is 0 Å². The van der Waals surface area contributed by atoms with Crippen LogP contribution in [-0.2, 0) is 19.0 Å². The molecular formula is C19H24NO5P. The number of piperidine rings is 1. The van der Waals surface area contributed by atoms with Crippen LogP contribution in [0.25, 0.3) is 10.8 Å². The molecule has 0 radical (unpaired) electrons. The van der Waals surface area contributed by atoms with Gasteiger partial charge in [0.05, 0.1) is 6.61 Å². The Balaban J connectivity index is 1.38. The van der Waals surface area contributed by atoms with E-state index < -0.39 is 7.82 Å². The molecule has 0 bridgehead atoms. The van der Waals surface area contributed by atoms with Crippen LogP contribution in [0.4, 0.5) is 0 Å². The Morgan fingerprint density at radius 3 is 2.81 bits per heavy atom. The Kier molecular flexibility index (Phi) is 4.90. The number of hydrogen-bond donors (Lipinski definition) is 2. The van der Waals surface area contributed by atoms with E-state index in [0.717, 1.165) is 19.5 Å². The van der Waals surface area contributed by atoms with Crippen LogP contribution >= 0.6 is 7.82 Å². The molecule has 4 rings (SSSR count). The third-order valence-corrected chi connectivity index (χ3v) is 6.45. The van der Waals surface area contributed by atoms with Crippen LogP contribution in [0, 0.1) is 5.92 Å². The van der Waals surface area contributed by atoms with Crippen LogP contribution in [0.2, 0.25) is 0 Å². The van der Waals surface area contributed by atoms with Crippen molar-refractivity contribution in [2.75, 3.05) is 33.0 Å². The van der Waals surface area contributed by atoms with Gasteiger partial charge in [0.2, 0.25) is 0 Å². The van der Waals surface area contributed by atoms with Crippen LogP contribution < -0.4 is 0 Å². The Labute approximate surface area is 153 Å². The fourth-order valence-corrected chi connectivity index (χ4v) is 4.81.